The molecule has 1 rings (SSSR count). The number of benzene rings is 1. The Morgan fingerprint density at radius 2 is 1.83 bits per heavy atom. The smallest absolute Gasteiger partial charge is 0.329 e. The first-order valence-electron chi connectivity index (χ1n) is 9.62. The minimum Gasteiger partial charge on any atom is -0.464 e. The van der Waals surface area contributed by atoms with Gasteiger partial charge in [-0.25, -0.2) is 4.79 Å². The molecule has 6 nitrogen and oxygen atoms in total. The summed E-state index contributed by atoms with van der Waals surface area (Å²) < 4.78 is 5.26. The zero-order valence-electron chi connectivity index (χ0n) is 17.3. The van der Waals surface area contributed by atoms with Gasteiger partial charge in [-0.1, -0.05) is 6.07 Å². The van der Waals surface area contributed by atoms with Crippen molar-refractivity contribution in [2.45, 2.75) is 32.4 Å². The summed E-state index contributed by atoms with van der Waals surface area (Å²) in [5.74, 6) is 0.837. The highest BCUT2D eigenvalue weighted by Gasteiger charge is 2.33. The molecule has 0 aliphatic heterocycles. The maximum Gasteiger partial charge on any atom is 0.329 e. The number of esters is 1. The lowest BCUT2D eigenvalue weighted by Gasteiger charge is -2.32. The van der Waals surface area contributed by atoms with E-state index in [1.807, 2.05) is 29.4 Å². The molecule has 0 saturated carbocycles. The van der Waals surface area contributed by atoms with Crippen molar-refractivity contribution in [3.63, 3.8) is 0 Å². The van der Waals surface area contributed by atoms with Crippen LogP contribution in [0.1, 0.15) is 20.3 Å². The zero-order valence-corrected chi connectivity index (χ0v) is 19.6. The molecule has 0 aliphatic rings. The van der Waals surface area contributed by atoms with E-state index in [0.717, 1.165) is 5.69 Å². The molecule has 0 bridgehead atoms. The van der Waals surface area contributed by atoms with Crippen molar-refractivity contribution >= 4 is 58.2 Å². The highest BCUT2D eigenvalue weighted by molar-refractivity contribution is 7.98. The molecule has 2 atom stereocenters. The van der Waals surface area contributed by atoms with E-state index in [-0.39, 0.29) is 12.5 Å². The van der Waals surface area contributed by atoms with E-state index < -0.39 is 18.1 Å². The summed E-state index contributed by atoms with van der Waals surface area (Å²) >= 11 is 13.5. The Bertz CT molecular complexity index is 643. The molecule has 0 heterocycles. The number of ether oxygens (including phenoxy) is 1. The van der Waals surface area contributed by atoms with Crippen molar-refractivity contribution in [1.82, 2.24) is 0 Å². The summed E-state index contributed by atoms with van der Waals surface area (Å²) in [7, 11) is 0. The molecule has 0 fully saturated rings. The minimum atomic E-state index is -0.758. The van der Waals surface area contributed by atoms with Crippen molar-refractivity contribution < 1.29 is 14.3 Å². The van der Waals surface area contributed by atoms with Crippen molar-refractivity contribution in [3.05, 3.63) is 24.3 Å². The van der Waals surface area contributed by atoms with Gasteiger partial charge in [-0.05, 0) is 50.5 Å². The first-order valence-corrected chi connectivity index (χ1v) is 12.1. The molecular weight excluding hydrogens is 433 g/mol. The zero-order chi connectivity index (χ0) is 21.8. The highest BCUT2D eigenvalue weighted by atomic mass is 35.5. The molecule has 29 heavy (non-hydrogen) atoms. The van der Waals surface area contributed by atoms with Crippen LogP contribution in [0, 0.1) is 0 Å². The Balaban J connectivity index is 3.40. The van der Waals surface area contributed by atoms with Crippen molar-refractivity contribution in [2.24, 2.45) is 5.73 Å². The van der Waals surface area contributed by atoms with Crippen LogP contribution >= 0.6 is 35.0 Å². The normalized spacial score (nSPS) is 12.9. The number of carbonyl (C=O) groups excluding carboxylic acids is 2. The lowest BCUT2D eigenvalue weighted by atomic mass is 10.1. The quantitative estimate of drug-likeness (QED) is 0.357. The van der Waals surface area contributed by atoms with Gasteiger partial charge in [0.25, 0.3) is 0 Å². The van der Waals surface area contributed by atoms with Crippen molar-refractivity contribution in [1.29, 1.82) is 0 Å². The lowest BCUT2D eigenvalue weighted by Crippen LogP contribution is -2.52. The summed E-state index contributed by atoms with van der Waals surface area (Å²) in [6.07, 6.45) is 2.42. The average Bonchev–Trinajstić information content (AvgIpc) is 2.70. The Morgan fingerprint density at radius 1 is 1.21 bits per heavy atom. The maximum absolute atomic E-state index is 13.0. The van der Waals surface area contributed by atoms with Gasteiger partial charge in [0.15, 0.2) is 0 Å². The second-order valence-corrected chi connectivity index (χ2v) is 8.17. The molecule has 1 aromatic rings. The van der Waals surface area contributed by atoms with Crippen LogP contribution in [0.2, 0.25) is 0 Å². The first kappa shape index (κ1) is 25.9. The summed E-state index contributed by atoms with van der Waals surface area (Å²) in [5.41, 5.74) is 7.38. The average molecular weight is 464 g/mol. The van der Waals surface area contributed by atoms with Crippen LogP contribution in [0.15, 0.2) is 24.3 Å². The number of hydrogen-bond donors (Lipinski definition) is 1. The fraction of sp³-hybridized carbons (Fsp3) is 0.600. The molecule has 0 spiro atoms. The monoisotopic (exact) mass is 463 g/mol. The third-order valence-electron chi connectivity index (χ3n) is 4.27. The summed E-state index contributed by atoms with van der Waals surface area (Å²) in [5, 5.41) is 0. The van der Waals surface area contributed by atoms with E-state index in [2.05, 4.69) is 0 Å². The van der Waals surface area contributed by atoms with Crippen LogP contribution in [0.3, 0.4) is 0 Å². The van der Waals surface area contributed by atoms with Crippen LogP contribution in [0.4, 0.5) is 11.4 Å². The number of thioether (sulfide) groups is 1. The minimum absolute atomic E-state index is 0.244. The topological polar surface area (TPSA) is 75.9 Å². The van der Waals surface area contributed by atoms with Gasteiger partial charge >= 0.3 is 5.97 Å². The van der Waals surface area contributed by atoms with Gasteiger partial charge in [-0.3, -0.25) is 9.69 Å². The first-order chi connectivity index (χ1) is 13.9. The Hall–Kier alpha value is -1.15. The molecule has 1 aromatic carbocycles. The number of halogens is 2. The summed E-state index contributed by atoms with van der Waals surface area (Å²) in [4.78, 5) is 29.2. The van der Waals surface area contributed by atoms with Crippen LogP contribution < -0.4 is 15.5 Å². The Labute approximate surface area is 188 Å². The summed E-state index contributed by atoms with van der Waals surface area (Å²) in [6.45, 7) is 4.84. The van der Waals surface area contributed by atoms with Gasteiger partial charge in [0, 0.05) is 36.2 Å². The number of carbonyl (C=O) groups is 2. The number of nitrogens with two attached hydrogens (primary N) is 1. The largest absolute Gasteiger partial charge is 0.464 e. The third-order valence-corrected chi connectivity index (χ3v) is 5.26. The van der Waals surface area contributed by atoms with Crippen LogP contribution in [0.25, 0.3) is 0 Å². The number of nitrogens with zero attached hydrogens (tertiary/aromatic N) is 2. The van der Waals surface area contributed by atoms with E-state index in [1.165, 1.54) is 4.90 Å². The molecule has 9 heteroatoms. The molecule has 0 aromatic heterocycles. The Kier molecular flexibility index (Phi) is 12.5. The SMILES string of the molecule is CCOC(=O)[C@H](CCSC)N(C(=O)[C@H](C)N)c1cccc(N(CCCl)CCCl)c1. The van der Waals surface area contributed by atoms with Crippen LogP contribution in [0.5, 0.6) is 0 Å². The number of amides is 1. The molecule has 164 valence electrons. The molecule has 0 radical (unpaired) electrons. The second-order valence-electron chi connectivity index (χ2n) is 6.43. The van der Waals surface area contributed by atoms with Gasteiger partial charge in [0.1, 0.15) is 6.04 Å². The van der Waals surface area contributed by atoms with Gasteiger partial charge in [-0.15, -0.1) is 23.2 Å². The fourth-order valence-electron chi connectivity index (χ4n) is 2.91. The molecule has 0 unspecified atom stereocenters. The number of anilines is 2. The predicted octanol–water partition coefficient (Wildman–Crippen LogP) is 3.34. The third kappa shape index (κ3) is 7.89. The van der Waals surface area contributed by atoms with Crippen molar-refractivity contribution in [3.8, 4) is 0 Å². The van der Waals surface area contributed by atoms with Crippen LogP contribution in [-0.4, -0.2) is 67.4 Å². The number of rotatable bonds is 13. The van der Waals surface area contributed by atoms with E-state index in [1.54, 1.807) is 31.7 Å². The number of alkyl halides is 2. The van der Waals surface area contributed by atoms with E-state index in [0.29, 0.717) is 42.7 Å². The fourth-order valence-corrected chi connectivity index (χ4v) is 3.78. The molecule has 1 amide bonds. The van der Waals surface area contributed by atoms with Crippen LogP contribution in [-0.2, 0) is 14.3 Å². The van der Waals surface area contributed by atoms with E-state index in [9.17, 15) is 9.59 Å². The second kappa shape index (κ2) is 14.0. The van der Waals surface area contributed by atoms with Gasteiger partial charge in [0.2, 0.25) is 5.91 Å². The molecular formula is C20H31Cl2N3O3S. The Morgan fingerprint density at radius 3 is 2.34 bits per heavy atom. The molecule has 0 saturated heterocycles. The lowest BCUT2D eigenvalue weighted by molar-refractivity contribution is -0.146. The molecule has 0 aliphatic carbocycles. The van der Waals surface area contributed by atoms with Crippen molar-refractivity contribution in [2.75, 3.05) is 53.3 Å². The predicted molar refractivity (Wildman–Crippen MR) is 125 cm³/mol. The highest BCUT2D eigenvalue weighted by Crippen LogP contribution is 2.27. The maximum atomic E-state index is 13.0. The van der Waals surface area contributed by atoms with E-state index >= 15 is 0 Å². The van der Waals surface area contributed by atoms with Gasteiger partial charge < -0.3 is 15.4 Å². The number of hydrogen-bond acceptors (Lipinski definition) is 6. The molecule has 2 N–H and O–H groups in total. The van der Waals surface area contributed by atoms with Gasteiger partial charge in [-0.2, -0.15) is 11.8 Å². The standard InChI is InChI=1S/C20H31Cl2N3O3S/c1-4-28-20(27)18(8-13-29-3)25(19(26)15(2)23)17-7-5-6-16(14-17)24(11-9-21)12-10-22/h5-7,14-15,18H,4,8-13,23H2,1-3H3/t15-,18-/m0/s1. The van der Waals surface area contributed by atoms with E-state index in [4.69, 9.17) is 33.7 Å². The van der Waals surface area contributed by atoms with Gasteiger partial charge in [0.05, 0.1) is 12.6 Å². The summed E-state index contributed by atoms with van der Waals surface area (Å²) in [6, 6.07) is 5.94.